The molecule has 0 saturated carbocycles. The first-order chi connectivity index (χ1) is 9.24. The van der Waals surface area contributed by atoms with E-state index in [0.29, 0.717) is 24.3 Å². The predicted octanol–water partition coefficient (Wildman–Crippen LogP) is 3.57. The van der Waals surface area contributed by atoms with Crippen molar-refractivity contribution in [2.45, 2.75) is 24.1 Å². The molecule has 0 amide bonds. The summed E-state index contributed by atoms with van der Waals surface area (Å²) in [6.07, 6.45) is 1.41. The molecule has 0 unspecified atom stereocenters. The van der Waals surface area contributed by atoms with E-state index in [-0.39, 0.29) is 5.75 Å². The van der Waals surface area contributed by atoms with Crippen LogP contribution in [0.2, 0.25) is 0 Å². The zero-order chi connectivity index (χ0) is 14.9. The number of hydrogen-bond acceptors (Lipinski definition) is 3. The fraction of sp³-hybridized carbons (Fsp3) is 0.500. The van der Waals surface area contributed by atoms with Crippen LogP contribution in [0.15, 0.2) is 30.3 Å². The molecule has 8 heteroatoms. The number of halogens is 3. The van der Waals surface area contributed by atoms with Gasteiger partial charge in [0.15, 0.2) is 0 Å². The molecule has 0 aliphatic carbocycles. The first-order valence-corrected chi connectivity index (χ1v) is 9.54. The fourth-order valence-corrected chi connectivity index (χ4v) is 7.49. The van der Waals surface area contributed by atoms with Gasteiger partial charge in [-0.05, 0) is 18.4 Å². The molecule has 1 fully saturated rings. The first kappa shape index (κ1) is 15.7. The Morgan fingerprint density at radius 1 is 1.10 bits per heavy atom. The van der Waals surface area contributed by atoms with Crippen LogP contribution >= 0.6 is 10.3 Å². The van der Waals surface area contributed by atoms with E-state index in [1.807, 2.05) is 0 Å². The maximum atomic E-state index is 12.5. The third-order valence-electron chi connectivity index (χ3n) is 3.07. The second kappa shape index (κ2) is 5.57. The minimum atomic E-state index is -5.52. The highest BCUT2D eigenvalue weighted by Crippen LogP contribution is 2.59. The average molecular weight is 328 g/mol. The summed E-state index contributed by atoms with van der Waals surface area (Å²) in [7, 11) is -7.79. The van der Waals surface area contributed by atoms with Crippen molar-refractivity contribution in [1.82, 2.24) is 0 Å². The van der Waals surface area contributed by atoms with Crippen LogP contribution in [0.1, 0.15) is 18.4 Å². The third-order valence-corrected chi connectivity index (χ3v) is 8.44. The number of rotatable bonds is 4. The van der Waals surface area contributed by atoms with Gasteiger partial charge in [0.1, 0.15) is 0 Å². The Labute approximate surface area is 117 Å². The van der Waals surface area contributed by atoms with Gasteiger partial charge in [0.25, 0.3) is 0 Å². The van der Waals surface area contributed by atoms with Crippen LogP contribution in [0.25, 0.3) is 0 Å². The predicted molar refractivity (Wildman–Crippen MR) is 72.8 cm³/mol. The summed E-state index contributed by atoms with van der Waals surface area (Å²) in [6, 6.07) is 8.89. The topological polar surface area (TPSA) is 43.4 Å². The van der Waals surface area contributed by atoms with E-state index < -0.39 is 25.9 Å². The van der Waals surface area contributed by atoms with Crippen molar-refractivity contribution in [1.29, 1.82) is 0 Å². The number of benzene rings is 1. The highest BCUT2D eigenvalue weighted by molar-refractivity contribution is 8.32. The third kappa shape index (κ3) is 3.48. The van der Waals surface area contributed by atoms with Crippen LogP contribution in [0.4, 0.5) is 13.2 Å². The van der Waals surface area contributed by atoms with Crippen LogP contribution in [0, 0.1) is 0 Å². The number of hydrogen-bond donors (Lipinski definition) is 0. The Hall–Kier alpha value is -0.730. The Morgan fingerprint density at radius 3 is 2.15 bits per heavy atom. The molecule has 1 aliphatic rings. The standard InChI is InChI=1S/C12H15F3O3S2/c13-12(14,15)20(16,17)18-19(8-4-5-9-19)10-11-6-2-1-3-7-11/h1-3,6-7H,4-5,8-10H2. The SMILES string of the molecule is O=S(=O)(OS1(Cc2ccccc2)CCCC1)C(F)(F)F. The Kier molecular flexibility index (Phi) is 4.36. The maximum Gasteiger partial charge on any atom is 0.523 e. The smallest absolute Gasteiger partial charge is 0.213 e. The van der Waals surface area contributed by atoms with Gasteiger partial charge in [-0.2, -0.15) is 21.6 Å². The van der Waals surface area contributed by atoms with Crippen molar-refractivity contribution >= 4 is 20.4 Å². The molecule has 1 aliphatic heterocycles. The fourth-order valence-electron chi connectivity index (χ4n) is 2.18. The molecular weight excluding hydrogens is 313 g/mol. The summed E-state index contributed by atoms with van der Waals surface area (Å²) in [6.45, 7) is 0. The summed E-state index contributed by atoms with van der Waals surface area (Å²) in [5, 5.41) is 0. The Balaban J connectivity index is 2.23. The lowest BCUT2D eigenvalue weighted by Gasteiger charge is -2.34. The second-order valence-corrected chi connectivity index (χ2v) is 9.63. The van der Waals surface area contributed by atoms with Gasteiger partial charge in [0.05, 0.1) is 0 Å². The molecule has 2 rings (SSSR count). The van der Waals surface area contributed by atoms with E-state index in [0.717, 1.165) is 5.56 Å². The summed E-state index contributed by atoms with van der Waals surface area (Å²) in [5.41, 5.74) is -4.55. The van der Waals surface area contributed by atoms with Crippen LogP contribution in [-0.2, 0) is 19.5 Å². The van der Waals surface area contributed by atoms with E-state index in [4.69, 9.17) is 0 Å². The van der Waals surface area contributed by atoms with Gasteiger partial charge in [-0.3, -0.25) is 0 Å². The van der Waals surface area contributed by atoms with Crippen LogP contribution < -0.4 is 0 Å². The summed E-state index contributed by atoms with van der Waals surface area (Å²) < 4.78 is 64.7. The Morgan fingerprint density at radius 2 is 1.65 bits per heavy atom. The molecule has 1 aromatic carbocycles. The van der Waals surface area contributed by atoms with Gasteiger partial charge < -0.3 is 0 Å². The summed E-state index contributed by atoms with van der Waals surface area (Å²) in [4.78, 5) is 0. The molecule has 0 spiro atoms. The lowest BCUT2D eigenvalue weighted by atomic mass is 10.2. The quantitative estimate of drug-likeness (QED) is 0.794. The van der Waals surface area contributed by atoms with E-state index in [1.165, 1.54) is 0 Å². The van der Waals surface area contributed by atoms with Crippen molar-refractivity contribution < 1.29 is 25.2 Å². The van der Waals surface area contributed by atoms with Crippen LogP contribution in [-0.4, -0.2) is 25.4 Å². The number of alkyl halides is 3. The molecule has 1 heterocycles. The minimum Gasteiger partial charge on any atom is -0.213 e. The van der Waals surface area contributed by atoms with Crippen molar-refractivity contribution in [3.05, 3.63) is 35.9 Å². The molecule has 0 bridgehead atoms. The largest absolute Gasteiger partial charge is 0.523 e. The van der Waals surface area contributed by atoms with Crippen molar-refractivity contribution in [2.24, 2.45) is 0 Å². The minimum absolute atomic E-state index is 0.253. The molecule has 20 heavy (non-hydrogen) atoms. The zero-order valence-corrected chi connectivity index (χ0v) is 12.2. The van der Waals surface area contributed by atoms with Crippen molar-refractivity contribution in [2.75, 3.05) is 11.5 Å². The lowest BCUT2D eigenvalue weighted by molar-refractivity contribution is -0.0496. The van der Waals surface area contributed by atoms with Gasteiger partial charge in [-0.15, -0.1) is 10.3 Å². The molecular formula is C12H15F3O3S2. The van der Waals surface area contributed by atoms with Gasteiger partial charge in [0.2, 0.25) is 0 Å². The van der Waals surface area contributed by atoms with Gasteiger partial charge >= 0.3 is 15.6 Å². The van der Waals surface area contributed by atoms with Gasteiger partial charge in [0, 0.05) is 17.3 Å². The van der Waals surface area contributed by atoms with Gasteiger partial charge in [-0.1, -0.05) is 30.3 Å². The zero-order valence-electron chi connectivity index (χ0n) is 10.6. The van der Waals surface area contributed by atoms with Crippen LogP contribution in [0.3, 0.4) is 0 Å². The molecule has 0 aromatic heterocycles. The second-order valence-electron chi connectivity index (χ2n) is 4.68. The van der Waals surface area contributed by atoms with E-state index in [1.54, 1.807) is 30.3 Å². The van der Waals surface area contributed by atoms with Crippen molar-refractivity contribution in [3.63, 3.8) is 0 Å². The molecule has 1 aromatic rings. The van der Waals surface area contributed by atoms with Gasteiger partial charge in [-0.25, -0.2) is 3.63 Å². The molecule has 0 atom stereocenters. The molecule has 1 saturated heterocycles. The highest BCUT2D eigenvalue weighted by atomic mass is 32.3. The van der Waals surface area contributed by atoms with Crippen LogP contribution in [0.5, 0.6) is 0 Å². The molecule has 114 valence electrons. The molecule has 3 nitrogen and oxygen atoms in total. The average Bonchev–Trinajstić information content (AvgIpc) is 2.76. The maximum absolute atomic E-state index is 12.5. The molecule has 0 N–H and O–H groups in total. The van der Waals surface area contributed by atoms with E-state index in [9.17, 15) is 21.6 Å². The Bertz CT molecular complexity index is 549. The monoisotopic (exact) mass is 328 g/mol. The van der Waals surface area contributed by atoms with E-state index in [2.05, 4.69) is 3.63 Å². The molecule has 0 radical (unpaired) electrons. The van der Waals surface area contributed by atoms with E-state index >= 15 is 0 Å². The summed E-state index contributed by atoms with van der Waals surface area (Å²) in [5.74, 6) is 1.05. The normalized spacial score (nSPS) is 20.8. The first-order valence-electron chi connectivity index (χ1n) is 6.07. The lowest BCUT2D eigenvalue weighted by Crippen LogP contribution is -2.28. The van der Waals surface area contributed by atoms with Crippen molar-refractivity contribution in [3.8, 4) is 0 Å². The summed E-state index contributed by atoms with van der Waals surface area (Å²) >= 11 is 0. The highest BCUT2D eigenvalue weighted by Gasteiger charge is 2.51.